The van der Waals surface area contributed by atoms with Gasteiger partial charge in [-0.1, -0.05) is 13.8 Å². The van der Waals surface area contributed by atoms with Gasteiger partial charge in [0.1, 0.15) is 5.75 Å². The van der Waals surface area contributed by atoms with Gasteiger partial charge < -0.3 is 20.1 Å². The molecule has 1 aromatic rings. The molecule has 0 aliphatic rings. The molecule has 2 amide bonds. The number of carbonyl (C=O) groups excluding carboxylic acids is 1. The SMILES string of the molecule is CC(C)CN(C)C(=O)Nc1ccc(OCC(=O)O)cc1. The van der Waals surface area contributed by atoms with Gasteiger partial charge in [0.05, 0.1) is 0 Å². The van der Waals surface area contributed by atoms with Gasteiger partial charge >= 0.3 is 12.0 Å². The number of nitrogens with zero attached hydrogens (tertiary/aromatic N) is 1. The highest BCUT2D eigenvalue weighted by Crippen LogP contribution is 2.16. The molecule has 110 valence electrons. The number of anilines is 1. The summed E-state index contributed by atoms with van der Waals surface area (Å²) in [5.41, 5.74) is 0.633. The Morgan fingerprint density at radius 3 is 2.40 bits per heavy atom. The zero-order chi connectivity index (χ0) is 15.1. The number of carbonyl (C=O) groups is 2. The molecule has 0 atom stereocenters. The molecule has 0 heterocycles. The predicted molar refractivity (Wildman–Crippen MR) is 76.1 cm³/mol. The van der Waals surface area contributed by atoms with Crippen LogP contribution in [-0.4, -0.2) is 42.2 Å². The zero-order valence-electron chi connectivity index (χ0n) is 11.9. The first-order chi connectivity index (χ1) is 9.38. The van der Waals surface area contributed by atoms with Gasteiger partial charge in [0.25, 0.3) is 0 Å². The number of amides is 2. The summed E-state index contributed by atoms with van der Waals surface area (Å²) in [4.78, 5) is 23.8. The van der Waals surface area contributed by atoms with Crippen LogP contribution in [0.3, 0.4) is 0 Å². The van der Waals surface area contributed by atoms with Crippen LogP contribution in [-0.2, 0) is 4.79 Å². The highest BCUT2D eigenvalue weighted by atomic mass is 16.5. The van der Waals surface area contributed by atoms with Crippen molar-refractivity contribution in [1.82, 2.24) is 4.90 Å². The Kier molecular flexibility index (Phi) is 5.83. The quantitative estimate of drug-likeness (QED) is 0.837. The van der Waals surface area contributed by atoms with Gasteiger partial charge in [0.2, 0.25) is 0 Å². The molecule has 0 unspecified atom stereocenters. The van der Waals surface area contributed by atoms with E-state index in [1.54, 1.807) is 36.2 Å². The summed E-state index contributed by atoms with van der Waals surface area (Å²) in [5, 5.41) is 11.2. The molecule has 0 aromatic heterocycles. The Bertz CT molecular complexity index is 457. The Hall–Kier alpha value is -2.24. The molecule has 0 radical (unpaired) electrons. The lowest BCUT2D eigenvalue weighted by molar-refractivity contribution is -0.139. The highest BCUT2D eigenvalue weighted by Gasteiger charge is 2.10. The van der Waals surface area contributed by atoms with Gasteiger partial charge in [-0.3, -0.25) is 0 Å². The van der Waals surface area contributed by atoms with E-state index in [1.165, 1.54) is 0 Å². The molecule has 0 aliphatic heterocycles. The molecule has 0 aliphatic carbocycles. The first kappa shape index (κ1) is 15.8. The normalized spacial score (nSPS) is 10.2. The zero-order valence-corrected chi connectivity index (χ0v) is 11.9. The average Bonchev–Trinajstić information content (AvgIpc) is 2.37. The summed E-state index contributed by atoms with van der Waals surface area (Å²) in [6.45, 7) is 4.37. The molecule has 0 fully saturated rings. The first-order valence-corrected chi connectivity index (χ1v) is 6.35. The molecular weight excluding hydrogens is 260 g/mol. The predicted octanol–water partition coefficient (Wildman–Crippen LogP) is 2.27. The molecular formula is C14H20N2O4. The lowest BCUT2D eigenvalue weighted by Gasteiger charge is -2.20. The number of rotatable bonds is 6. The van der Waals surface area contributed by atoms with Gasteiger partial charge in [0, 0.05) is 19.3 Å². The summed E-state index contributed by atoms with van der Waals surface area (Å²) in [6.07, 6.45) is 0. The van der Waals surface area contributed by atoms with Gasteiger partial charge in [-0.05, 0) is 30.2 Å². The number of ether oxygens (including phenoxy) is 1. The molecule has 0 spiro atoms. The highest BCUT2D eigenvalue weighted by molar-refractivity contribution is 5.89. The van der Waals surface area contributed by atoms with Crippen molar-refractivity contribution in [3.8, 4) is 5.75 Å². The van der Waals surface area contributed by atoms with Crippen LogP contribution in [0, 0.1) is 5.92 Å². The molecule has 20 heavy (non-hydrogen) atoms. The smallest absolute Gasteiger partial charge is 0.341 e. The van der Waals surface area contributed by atoms with E-state index in [9.17, 15) is 9.59 Å². The summed E-state index contributed by atoms with van der Waals surface area (Å²) in [7, 11) is 1.74. The van der Waals surface area contributed by atoms with E-state index in [0.29, 0.717) is 23.9 Å². The maximum Gasteiger partial charge on any atom is 0.341 e. The second kappa shape index (κ2) is 7.37. The van der Waals surface area contributed by atoms with Crippen LogP contribution in [0.15, 0.2) is 24.3 Å². The van der Waals surface area contributed by atoms with Crippen molar-refractivity contribution >= 4 is 17.7 Å². The van der Waals surface area contributed by atoms with E-state index < -0.39 is 5.97 Å². The average molecular weight is 280 g/mol. The van der Waals surface area contributed by atoms with E-state index in [0.717, 1.165) is 0 Å². The van der Waals surface area contributed by atoms with E-state index in [2.05, 4.69) is 5.32 Å². The van der Waals surface area contributed by atoms with E-state index in [4.69, 9.17) is 9.84 Å². The third kappa shape index (κ3) is 5.60. The Balaban J connectivity index is 2.52. The Labute approximate surface area is 118 Å². The molecule has 1 rings (SSSR count). The Morgan fingerprint density at radius 1 is 1.30 bits per heavy atom. The lowest BCUT2D eigenvalue weighted by atomic mass is 10.2. The standard InChI is InChI=1S/C14H20N2O4/c1-10(2)8-16(3)14(19)15-11-4-6-12(7-5-11)20-9-13(17)18/h4-7,10H,8-9H2,1-3H3,(H,15,19)(H,17,18). The minimum atomic E-state index is -1.03. The van der Waals surface area contributed by atoms with Crippen molar-refractivity contribution < 1.29 is 19.4 Å². The third-order valence-corrected chi connectivity index (χ3v) is 2.45. The fourth-order valence-corrected chi connectivity index (χ4v) is 1.63. The van der Waals surface area contributed by atoms with Crippen molar-refractivity contribution in [2.45, 2.75) is 13.8 Å². The summed E-state index contributed by atoms with van der Waals surface area (Å²) < 4.78 is 5.00. The van der Waals surface area contributed by atoms with Gasteiger partial charge in [0.15, 0.2) is 6.61 Å². The number of hydrogen-bond acceptors (Lipinski definition) is 3. The molecule has 0 saturated heterocycles. The maximum atomic E-state index is 11.9. The van der Waals surface area contributed by atoms with Crippen molar-refractivity contribution in [1.29, 1.82) is 0 Å². The number of carboxylic acids is 1. The van der Waals surface area contributed by atoms with Crippen LogP contribution in [0.25, 0.3) is 0 Å². The Morgan fingerprint density at radius 2 is 1.90 bits per heavy atom. The maximum absolute atomic E-state index is 11.9. The van der Waals surface area contributed by atoms with Crippen LogP contribution in [0.2, 0.25) is 0 Å². The van der Waals surface area contributed by atoms with Crippen molar-refractivity contribution in [3.05, 3.63) is 24.3 Å². The molecule has 2 N–H and O–H groups in total. The monoisotopic (exact) mass is 280 g/mol. The fourth-order valence-electron chi connectivity index (χ4n) is 1.63. The van der Waals surface area contributed by atoms with Crippen molar-refractivity contribution in [3.63, 3.8) is 0 Å². The molecule has 0 bridgehead atoms. The third-order valence-electron chi connectivity index (χ3n) is 2.45. The van der Waals surface area contributed by atoms with Gasteiger partial charge in [-0.15, -0.1) is 0 Å². The number of carboxylic acid groups (broad SMARTS) is 1. The van der Waals surface area contributed by atoms with E-state index in [1.807, 2.05) is 13.8 Å². The number of nitrogens with one attached hydrogen (secondary N) is 1. The van der Waals surface area contributed by atoms with Crippen molar-refractivity contribution in [2.24, 2.45) is 5.92 Å². The lowest BCUT2D eigenvalue weighted by Crippen LogP contribution is -2.34. The number of benzene rings is 1. The topological polar surface area (TPSA) is 78.9 Å². The molecule has 6 heteroatoms. The minimum Gasteiger partial charge on any atom is -0.482 e. The van der Waals surface area contributed by atoms with E-state index >= 15 is 0 Å². The van der Waals surface area contributed by atoms with Gasteiger partial charge in [-0.2, -0.15) is 0 Å². The minimum absolute atomic E-state index is 0.182. The summed E-state index contributed by atoms with van der Waals surface area (Å²) in [6, 6.07) is 6.37. The fraction of sp³-hybridized carbons (Fsp3) is 0.429. The molecule has 1 aromatic carbocycles. The van der Waals surface area contributed by atoms with Crippen LogP contribution in [0.1, 0.15) is 13.8 Å². The second-order valence-corrected chi connectivity index (χ2v) is 4.91. The largest absolute Gasteiger partial charge is 0.482 e. The number of aliphatic carboxylic acids is 1. The number of hydrogen-bond donors (Lipinski definition) is 2. The molecule has 0 saturated carbocycles. The first-order valence-electron chi connectivity index (χ1n) is 6.35. The van der Waals surface area contributed by atoms with Crippen LogP contribution in [0.4, 0.5) is 10.5 Å². The van der Waals surface area contributed by atoms with E-state index in [-0.39, 0.29) is 12.6 Å². The summed E-state index contributed by atoms with van der Waals surface area (Å²) >= 11 is 0. The second-order valence-electron chi connectivity index (χ2n) is 4.91. The van der Waals surface area contributed by atoms with Crippen LogP contribution in [0.5, 0.6) is 5.75 Å². The summed E-state index contributed by atoms with van der Waals surface area (Å²) in [5.74, 6) is -0.184. The van der Waals surface area contributed by atoms with Gasteiger partial charge in [-0.25, -0.2) is 9.59 Å². The van der Waals surface area contributed by atoms with Crippen LogP contribution < -0.4 is 10.1 Å². The number of urea groups is 1. The molecule has 6 nitrogen and oxygen atoms in total. The van der Waals surface area contributed by atoms with Crippen molar-refractivity contribution in [2.75, 3.05) is 25.5 Å². The van der Waals surface area contributed by atoms with Crippen LogP contribution >= 0.6 is 0 Å².